The summed E-state index contributed by atoms with van der Waals surface area (Å²) < 4.78 is 1.09. The average molecular weight is 289 g/mol. The summed E-state index contributed by atoms with van der Waals surface area (Å²) in [6.07, 6.45) is 1.56. The predicted octanol–water partition coefficient (Wildman–Crippen LogP) is 4.20. The lowest BCUT2D eigenvalue weighted by Crippen LogP contribution is -2.11. The summed E-state index contributed by atoms with van der Waals surface area (Å²) in [5, 5.41) is 4.35. The Morgan fingerprint density at radius 2 is 2.05 bits per heavy atom. The number of carbonyl (C=O) groups excluding carboxylic acids is 1. The van der Waals surface area contributed by atoms with E-state index in [9.17, 15) is 4.79 Å². The Morgan fingerprint density at radius 1 is 1.21 bits per heavy atom. The first kappa shape index (κ1) is 12.1. The van der Waals surface area contributed by atoms with E-state index in [1.807, 2.05) is 30.3 Å². The summed E-state index contributed by atoms with van der Waals surface area (Å²) in [4.78, 5) is 16.8. The number of halogens is 1. The molecular formula is C14H9ClN2OS. The number of fused-ring (bicyclic) bond motifs is 1. The Kier molecular flexibility index (Phi) is 3.19. The van der Waals surface area contributed by atoms with Crippen LogP contribution >= 0.6 is 22.9 Å². The van der Waals surface area contributed by atoms with E-state index in [1.54, 1.807) is 18.3 Å². The first-order valence-electron chi connectivity index (χ1n) is 5.64. The van der Waals surface area contributed by atoms with Crippen molar-refractivity contribution in [3.05, 3.63) is 58.6 Å². The monoisotopic (exact) mass is 288 g/mol. The Labute approximate surface area is 118 Å². The molecule has 0 spiro atoms. The molecule has 0 bridgehead atoms. The van der Waals surface area contributed by atoms with Crippen molar-refractivity contribution < 1.29 is 4.79 Å². The highest BCUT2D eigenvalue weighted by Crippen LogP contribution is 2.25. The molecule has 0 aliphatic carbocycles. The molecule has 2 heterocycles. The van der Waals surface area contributed by atoms with Crippen LogP contribution in [0.4, 0.5) is 5.82 Å². The van der Waals surface area contributed by atoms with Crippen LogP contribution in [0.15, 0.2) is 48.7 Å². The highest BCUT2D eigenvalue weighted by Gasteiger charge is 2.10. The van der Waals surface area contributed by atoms with Gasteiger partial charge in [0.05, 0.1) is 4.88 Å². The van der Waals surface area contributed by atoms with Gasteiger partial charge in [-0.25, -0.2) is 4.98 Å². The molecule has 1 amide bonds. The summed E-state index contributed by atoms with van der Waals surface area (Å²) >= 11 is 7.31. The number of anilines is 1. The standard InChI is InChI=1S/C14H9ClN2OS/c15-10-5-6-16-13(8-10)17-14(18)12-7-9-3-1-2-4-11(9)19-12/h1-8H,(H,16,17,18). The maximum atomic E-state index is 12.1. The average Bonchev–Trinajstić information content (AvgIpc) is 2.82. The van der Waals surface area contributed by atoms with Gasteiger partial charge in [0.2, 0.25) is 0 Å². The minimum Gasteiger partial charge on any atom is -0.306 e. The van der Waals surface area contributed by atoms with Crippen LogP contribution in [-0.4, -0.2) is 10.9 Å². The highest BCUT2D eigenvalue weighted by atomic mass is 35.5. The second-order valence-electron chi connectivity index (χ2n) is 3.96. The van der Waals surface area contributed by atoms with E-state index in [2.05, 4.69) is 10.3 Å². The van der Waals surface area contributed by atoms with E-state index in [0.717, 1.165) is 10.1 Å². The number of pyridine rings is 1. The normalized spacial score (nSPS) is 10.6. The number of aromatic nitrogens is 1. The molecule has 19 heavy (non-hydrogen) atoms. The topological polar surface area (TPSA) is 42.0 Å². The van der Waals surface area contributed by atoms with Gasteiger partial charge in [-0.05, 0) is 29.7 Å². The third-order valence-corrected chi connectivity index (χ3v) is 3.96. The first-order valence-corrected chi connectivity index (χ1v) is 6.83. The summed E-state index contributed by atoms with van der Waals surface area (Å²) in [5.74, 6) is 0.283. The molecule has 0 aliphatic rings. The van der Waals surface area contributed by atoms with Crippen molar-refractivity contribution in [1.82, 2.24) is 4.98 Å². The van der Waals surface area contributed by atoms with Crippen LogP contribution in [-0.2, 0) is 0 Å². The smallest absolute Gasteiger partial charge is 0.266 e. The Hall–Kier alpha value is -1.91. The number of amides is 1. The summed E-state index contributed by atoms with van der Waals surface area (Å²) in [7, 11) is 0. The molecule has 0 radical (unpaired) electrons. The molecule has 2 aromatic heterocycles. The predicted molar refractivity (Wildman–Crippen MR) is 79.0 cm³/mol. The van der Waals surface area contributed by atoms with Gasteiger partial charge >= 0.3 is 0 Å². The minimum atomic E-state index is -0.170. The third kappa shape index (κ3) is 2.59. The molecule has 5 heteroatoms. The summed E-state index contributed by atoms with van der Waals surface area (Å²) in [6.45, 7) is 0. The SMILES string of the molecule is O=C(Nc1cc(Cl)ccn1)c1cc2ccccc2s1. The molecule has 0 aliphatic heterocycles. The number of hydrogen-bond donors (Lipinski definition) is 1. The van der Waals surface area contributed by atoms with E-state index in [0.29, 0.717) is 15.7 Å². The molecule has 0 atom stereocenters. The molecule has 3 rings (SSSR count). The highest BCUT2D eigenvalue weighted by molar-refractivity contribution is 7.20. The van der Waals surface area contributed by atoms with Crippen molar-refractivity contribution in [1.29, 1.82) is 0 Å². The van der Waals surface area contributed by atoms with Gasteiger partial charge in [-0.15, -0.1) is 11.3 Å². The van der Waals surface area contributed by atoms with Gasteiger partial charge in [-0.2, -0.15) is 0 Å². The number of nitrogens with zero attached hydrogens (tertiary/aromatic N) is 1. The van der Waals surface area contributed by atoms with Crippen molar-refractivity contribution >= 4 is 44.7 Å². The Bertz CT molecular complexity index is 721. The van der Waals surface area contributed by atoms with E-state index in [4.69, 9.17) is 11.6 Å². The van der Waals surface area contributed by atoms with Crippen LogP contribution in [0.2, 0.25) is 5.02 Å². The fourth-order valence-electron chi connectivity index (χ4n) is 1.74. The zero-order valence-corrected chi connectivity index (χ0v) is 11.3. The molecule has 0 saturated heterocycles. The zero-order chi connectivity index (χ0) is 13.2. The number of rotatable bonds is 2. The molecule has 94 valence electrons. The lowest BCUT2D eigenvalue weighted by atomic mass is 10.2. The van der Waals surface area contributed by atoms with Gasteiger partial charge in [-0.1, -0.05) is 29.8 Å². The molecule has 1 N–H and O–H groups in total. The van der Waals surface area contributed by atoms with Crippen LogP contribution in [0.5, 0.6) is 0 Å². The lowest BCUT2D eigenvalue weighted by molar-refractivity contribution is 0.103. The molecule has 0 unspecified atom stereocenters. The van der Waals surface area contributed by atoms with Crippen molar-refractivity contribution in [3.63, 3.8) is 0 Å². The Morgan fingerprint density at radius 3 is 2.84 bits per heavy atom. The second-order valence-corrected chi connectivity index (χ2v) is 5.48. The van der Waals surface area contributed by atoms with Gasteiger partial charge in [-0.3, -0.25) is 4.79 Å². The fraction of sp³-hybridized carbons (Fsp3) is 0. The van der Waals surface area contributed by atoms with Gasteiger partial charge in [0, 0.05) is 15.9 Å². The van der Waals surface area contributed by atoms with Gasteiger partial charge in [0.1, 0.15) is 5.82 Å². The van der Waals surface area contributed by atoms with E-state index >= 15 is 0 Å². The van der Waals surface area contributed by atoms with Gasteiger partial charge in [0.15, 0.2) is 0 Å². The molecular weight excluding hydrogens is 280 g/mol. The maximum absolute atomic E-state index is 12.1. The van der Waals surface area contributed by atoms with Crippen molar-refractivity contribution in [2.75, 3.05) is 5.32 Å². The van der Waals surface area contributed by atoms with E-state index in [1.165, 1.54) is 11.3 Å². The van der Waals surface area contributed by atoms with Crippen LogP contribution in [0.1, 0.15) is 9.67 Å². The van der Waals surface area contributed by atoms with Crippen LogP contribution in [0.25, 0.3) is 10.1 Å². The van der Waals surface area contributed by atoms with Crippen LogP contribution in [0, 0.1) is 0 Å². The third-order valence-electron chi connectivity index (χ3n) is 2.61. The molecule has 3 aromatic rings. The Balaban J connectivity index is 1.87. The van der Waals surface area contributed by atoms with E-state index in [-0.39, 0.29) is 5.91 Å². The summed E-state index contributed by atoms with van der Waals surface area (Å²) in [5.41, 5.74) is 0. The zero-order valence-electron chi connectivity index (χ0n) is 9.76. The quantitative estimate of drug-likeness (QED) is 0.768. The minimum absolute atomic E-state index is 0.170. The number of benzene rings is 1. The fourth-order valence-corrected chi connectivity index (χ4v) is 2.86. The number of hydrogen-bond acceptors (Lipinski definition) is 3. The van der Waals surface area contributed by atoms with Gasteiger partial charge in [0.25, 0.3) is 5.91 Å². The molecule has 3 nitrogen and oxygen atoms in total. The number of nitrogens with one attached hydrogen (secondary N) is 1. The molecule has 0 fully saturated rings. The molecule has 0 saturated carbocycles. The second kappa shape index (κ2) is 4.99. The van der Waals surface area contributed by atoms with Crippen LogP contribution in [0.3, 0.4) is 0 Å². The van der Waals surface area contributed by atoms with E-state index < -0.39 is 0 Å². The van der Waals surface area contributed by atoms with Crippen molar-refractivity contribution in [2.45, 2.75) is 0 Å². The first-order chi connectivity index (χ1) is 9.22. The number of thiophene rings is 1. The van der Waals surface area contributed by atoms with Crippen LogP contribution < -0.4 is 5.32 Å². The maximum Gasteiger partial charge on any atom is 0.266 e. The van der Waals surface area contributed by atoms with Crippen molar-refractivity contribution in [3.8, 4) is 0 Å². The largest absolute Gasteiger partial charge is 0.306 e. The summed E-state index contributed by atoms with van der Waals surface area (Å²) in [6, 6.07) is 13.0. The van der Waals surface area contributed by atoms with Gasteiger partial charge < -0.3 is 5.32 Å². The lowest BCUT2D eigenvalue weighted by Gasteiger charge is -2.02. The van der Waals surface area contributed by atoms with Crippen molar-refractivity contribution in [2.24, 2.45) is 0 Å². The molecule has 1 aromatic carbocycles. The number of carbonyl (C=O) groups is 1.